The highest BCUT2D eigenvalue weighted by Crippen LogP contribution is 2.38. The van der Waals surface area contributed by atoms with Crippen LogP contribution in [-0.4, -0.2) is 70.0 Å². The van der Waals surface area contributed by atoms with Crippen molar-refractivity contribution in [1.82, 2.24) is 0 Å². The number of phosphoric ester groups is 1. The molecule has 0 aliphatic rings. The van der Waals surface area contributed by atoms with E-state index in [0.29, 0.717) is 17.4 Å². The van der Waals surface area contributed by atoms with Crippen LogP contribution in [0.2, 0.25) is 0 Å². The Hall–Kier alpha value is -4.11. The van der Waals surface area contributed by atoms with Crippen LogP contribution in [0.3, 0.4) is 0 Å². The van der Waals surface area contributed by atoms with Crippen molar-refractivity contribution in [3.63, 3.8) is 0 Å². The summed E-state index contributed by atoms with van der Waals surface area (Å²) >= 11 is 0. The number of rotatable bonds is 62. The highest BCUT2D eigenvalue weighted by molar-refractivity contribution is 7.45. The zero-order valence-corrected chi connectivity index (χ0v) is 56.6. The summed E-state index contributed by atoms with van der Waals surface area (Å²) in [6, 6.07) is 0. The molecule has 0 aromatic carbocycles. The summed E-state index contributed by atoms with van der Waals surface area (Å²) in [5.41, 5.74) is 0. The van der Waals surface area contributed by atoms with Crippen molar-refractivity contribution in [1.29, 1.82) is 0 Å². The Morgan fingerprint density at radius 1 is 0.372 bits per heavy atom. The maximum absolute atomic E-state index is 12.9. The molecule has 0 saturated carbocycles. The average Bonchev–Trinajstić information content (AvgIpc) is 3.70. The molecule has 0 aromatic heterocycles. The van der Waals surface area contributed by atoms with Gasteiger partial charge in [-0.05, 0) is 122 Å². The molecule has 0 spiro atoms. The lowest BCUT2D eigenvalue weighted by atomic mass is 10.0. The molecule has 0 bridgehead atoms. The van der Waals surface area contributed by atoms with Crippen LogP contribution in [0.15, 0.2) is 146 Å². The number of hydrogen-bond donors (Lipinski definition) is 0. The van der Waals surface area contributed by atoms with Gasteiger partial charge in [-0.3, -0.25) is 14.2 Å². The van der Waals surface area contributed by atoms with Crippen molar-refractivity contribution in [2.45, 2.75) is 277 Å². The number of carbonyl (C=O) groups excluding carboxylic acids is 2. The maximum Gasteiger partial charge on any atom is 0.306 e. The van der Waals surface area contributed by atoms with Crippen LogP contribution < -0.4 is 4.89 Å². The van der Waals surface area contributed by atoms with Crippen LogP contribution in [0.25, 0.3) is 0 Å². The molecule has 2 atom stereocenters. The molecule has 0 N–H and O–H groups in total. The van der Waals surface area contributed by atoms with Gasteiger partial charge in [0.1, 0.15) is 19.8 Å². The second-order valence-electron chi connectivity index (χ2n) is 23.8. The Kier molecular flexibility index (Phi) is 62.2. The minimum absolute atomic E-state index is 0.0386. The lowest BCUT2D eigenvalue weighted by Crippen LogP contribution is -2.37. The predicted octanol–water partition coefficient (Wildman–Crippen LogP) is 22.0. The molecule has 2 unspecified atom stereocenters. The van der Waals surface area contributed by atoms with Gasteiger partial charge in [-0.2, -0.15) is 0 Å². The summed E-state index contributed by atoms with van der Waals surface area (Å²) in [6.45, 7) is 4.11. The quantitative estimate of drug-likeness (QED) is 0.0195. The number of ether oxygens (including phenoxy) is 2. The first-order valence-corrected chi connectivity index (χ1v) is 36.0. The molecule has 0 fully saturated rings. The Labute approximate surface area is 529 Å². The van der Waals surface area contributed by atoms with Crippen molar-refractivity contribution in [2.24, 2.45) is 0 Å². The van der Waals surface area contributed by atoms with Gasteiger partial charge in [0.2, 0.25) is 0 Å². The zero-order chi connectivity index (χ0) is 62.6. The first-order chi connectivity index (χ1) is 42.0. The minimum atomic E-state index is -4.65. The van der Waals surface area contributed by atoms with E-state index in [4.69, 9.17) is 18.5 Å². The van der Waals surface area contributed by atoms with Gasteiger partial charge in [0.15, 0.2) is 6.10 Å². The number of nitrogens with zero attached hydrogens (tertiary/aromatic N) is 1. The number of likely N-dealkylation sites (N-methyl/N-ethyl adjacent to an activating group) is 1. The summed E-state index contributed by atoms with van der Waals surface area (Å²) < 4.78 is 34.3. The molecule has 0 rings (SSSR count). The molecule has 490 valence electrons. The van der Waals surface area contributed by atoms with Crippen molar-refractivity contribution < 1.29 is 42.1 Å². The minimum Gasteiger partial charge on any atom is -0.756 e. The van der Waals surface area contributed by atoms with E-state index in [9.17, 15) is 19.0 Å². The van der Waals surface area contributed by atoms with Crippen LogP contribution in [0.1, 0.15) is 271 Å². The summed E-state index contributed by atoms with van der Waals surface area (Å²) in [5, 5.41) is 0. The molecule has 9 nitrogen and oxygen atoms in total. The van der Waals surface area contributed by atoms with Gasteiger partial charge in [0, 0.05) is 12.8 Å². The van der Waals surface area contributed by atoms with E-state index in [0.717, 1.165) is 128 Å². The van der Waals surface area contributed by atoms with Gasteiger partial charge in [-0.1, -0.05) is 282 Å². The van der Waals surface area contributed by atoms with E-state index in [1.54, 1.807) is 0 Å². The number of esters is 2. The Morgan fingerprint density at radius 3 is 0.988 bits per heavy atom. The van der Waals surface area contributed by atoms with Gasteiger partial charge in [0.05, 0.1) is 27.7 Å². The molecule has 0 aliphatic heterocycles. The zero-order valence-electron chi connectivity index (χ0n) is 55.7. The predicted molar refractivity (Wildman–Crippen MR) is 369 cm³/mol. The van der Waals surface area contributed by atoms with Gasteiger partial charge in [0.25, 0.3) is 7.82 Å². The molecule has 0 amide bonds. The van der Waals surface area contributed by atoms with Crippen LogP contribution in [-0.2, 0) is 32.7 Å². The van der Waals surface area contributed by atoms with Gasteiger partial charge in [-0.15, -0.1) is 0 Å². The Bertz CT molecular complexity index is 1960. The molecule has 0 radical (unpaired) electrons. The molecule has 0 saturated heterocycles. The van der Waals surface area contributed by atoms with Crippen LogP contribution in [0.5, 0.6) is 0 Å². The fourth-order valence-corrected chi connectivity index (χ4v) is 9.80. The van der Waals surface area contributed by atoms with E-state index < -0.39 is 32.5 Å². The average molecular weight is 1210 g/mol. The monoisotopic (exact) mass is 1210 g/mol. The number of allylic oxidation sites excluding steroid dienone is 24. The van der Waals surface area contributed by atoms with Crippen molar-refractivity contribution in [2.75, 3.05) is 47.5 Å². The highest BCUT2D eigenvalue weighted by atomic mass is 31.2. The first-order valence-electron chi connectivity index (χ1n) is 34.5. The third-order valence-electron chi connectivity index (χ3n) is 14.3. The van der Waals surface area contributed by atoms with Crippen LogP contribution in [0, 0.1) is 0 Å². The van der Waals surface area contributed by atoms with E-state index in [2.05, 4.69) is 160 Å². The molecule has 10 heteroatoms. The molecular formula is C76H128NO8P. The smallest absolute Gasteiger partial charge is 0.306 e. The summed E-state index contributed by atoms with van der Waals surface area (Å²) in [6.07, 6.45) is 96.3. The number of unbranched alkanes of at least 4 members (excludes halogenated alkanes) is 24. The highest BCUT2D eigenvalue weighted by Gasteiger charge is 2.22. The maximum atomic E-state index is 12.9. The third-order valence-corrected chi connectivity index (χ3v) is 15.3. The normalized spacial score (nSPS) is 14.1. The second-order valence-corrected chi connectivity index (χ2v) is 25.2. The van der Waals surface area contributed by atoms with Crippen LogP contribution in [0.4, 0.5) is 0 Å². The van der Waals surface area contributed by atoms with E-state index >= 15 is 0 Å². The summed E-state index contributed by atoms with van der Waals surface area (Å²) in [4.78, 5) is 38.0. The first kappa shape index (κ1) is 81.9. The molecule has 86 heavy (non-hydrogen) atoms. The Morgan fingerprint density at radius 2 is 0.663 bits per heavy atom. The number of quaternary nitrogens is 1. The number of carbonyl (C=O) groups is 2. The Balaban J connectivity index is 4.10. The third kappa shape index (κ3) is 69.0. The summed E-state index contributed by atoms with van der Waals surface area (Å²) in [5.74, 6) is -0.846. The van der Waals surface area contributed by atoms with Gasteiger partial charge >= 0.3 is 11.9 Å². The van der Waals surface area contributed by atoms with Crippen molar-refractivity contribution >= 4 is 19.8 Å². The molecule has 0 aliphatic carbocycles. The van der Waals surface area contributed by atoms with E-state index in [1.807, 2.05) is 21.1 Å². The molecular weight excluding hydrogens is 1090 g/mol. The topological polar surface area (TPSA) is 111 Å². The SMILES string of the molecule is CC/C=C\C/C=C\C/C=C\C/C=C\C/C=C\C/C=C\C/C=C\C/C=C\C/C=C\C/C=C\CCCCCCCCCCCCC(=O)OC(COC(=O)CCCCCCCCCCC/C=C\C/C=C\CCCCCCC)COP(=O)([O-])OCC[N+](C)(C)C. The fraction of sp³-hybridized carbons (Fsp3) is 0.658. The van der Waals surface area contributed by atoms with Crippen LogP contribution >= 0.6 is 7.82 Å². The second kappa shape index (κ2) is 65.3. The molecule has 0 heterocycles. The van der Waals surface area contributed by atoms with Crippen molar-refractivity contribution in [3.05, 3.63) is 146 Å². The van der Waals surface area contributed by atoms with Crippen molar-refractivity contribution in [3.8, 4) is 0 Å². The van der Waals surface area contributed by atoms with E-state index in [1.165, 1.54) is 109 Å². The lowest BCUT2D eigenvalue weighted by molar-refractivity contribution is -0.870. The lowest BCUT2D eigenvalue weighted by Gasteiger charge is -2.28. The largest absolute Gasteiger partial charge is 0.756 e. The number of hydrogen-bond acceptors (Lipinski definition) is 8. The standard InChI is InChI=1S/C76H128NO8P/c1-6-8-10-12-14-16-18-20-22-24-26-28-29-30-31-32-33-34-35-36-37-38-39-40-41-42-43-44-45-46-47-49-51-53-55-57-59-61-63-65-67-69-76(79)85-74(73-84-86(80,81)83-71-70-77(3,4)5)72-82-75(78)68-66-64-62-60-58-56-54-52-50-48-27-25-23-21-19-17-15-13-11-9-7-2/h8,10,14,16,19-22,25-28,30-31,33-34,36-37,39-40,42-43,45-46,74H,6-7,9,11-13,15,17-18,23-24,29,32,35,38,41,44,47-73H2,1-5H3/b10-8-,16-14-,21-19-,22-20-,27-25-,28-26-,31-30-,34-33-,37-36-,40-39-,43-42-,46-45-. The summed E-state index contributed by atoms with van der Waals surface area (Å²) in [7, 11) is 1.15. The number of phosphoric acid groups is 1. The van der Waals surface area contributed by atoms with Gasteiger partial charge < -0.3 is 27.9 Å². The molecule has 0 aromatic rings. The van der Waals surface area contributed by atoms with Gasteiger partial charge in [-0.25, -0.2) is 0 Å². The van der Waals surface area contributed by atoms with E-state index in [-0.39, 0.29) is 26.1 Å². The fourth-order valence-electron chi connectivity index (χ4n) is 9.07.